The van der Waals surface area contributed by atoms with Gasteiger partial charge in [0.25, 0.3) is 10.2 Å². The number of carbonyl (C=O) groups is 2. The molecule has 3 rings (SSSR count). The molecule has 2 N–H and O–H groups in total. The highest BCUT2D eigenvalue weighted by atomic mass is 35.5. The molecule has 10 heteroatoms. The molecule has 0 aliphatic carbocycles. The number of benzene rings is 2. The topological polar surface area (TPSA) is 102 Å². The van der Waals surface area contributed by atoms with E-state index in [1.807, 2.05) is 0 Å². The van der Waals surface area contributed by atoms with Gasteiger partial charge >= 0.3 is 5.97 Å². The normalized spacial score (nSPS) is 11.2. The van der Waals surface area contributed by atoms with Crippen molar-refractivity contribution in [3.05, 3.63) is 53.6 Å². The molecule has 1 amide bonds. The second kappa shape index (κ2) is 8.32. The summed E-state index contributed by atoms with van der Waals surface area (Å²) in [5.74, 6) is -1.85. The molecule has 0 atom stereocenters. The van der Waals surface area contributed by atoms with E-state index in [-0.39, 0.29) is 5.69 Å². The molecule has 0 aliphatic rings. The van der Waals surface area contributed by atoms with Crippen molar-refractivity contribution in [1.82, 2.24) is 5.16 Å². The van der Waals surface area contributed by atoms with E-state index in [0.29, 0.717) is 33.4 Å². The first-order chi connectivity index (χ1) is 13.7. The predicted octanol–water partition coefficient (Wildman–Crippen LogP) is 4.87. The number of rotatable bonds is 6. The molecule has 29 heavy (non-hydrogen) atoms. The van der Waals surface area contributed by atoms with Gasteiger partial charge in [0, 0.05) is 17.3 Å². The number of alkyl halides is 2. The van der Waals surface area contributed by atoms with E-state index < -0.39 is 16.2 Å². The first-order valence-corrected chi connectivity index (χ1v) is 9.20. The predicted molar refractivity (Wildman–Crippen MR) is 110 cm³/mol. The van der Waals surface area contributed by atoms with Gasteiger partial charge in [-0.05, 0) is 24.3 Å². The zero-order valence-electron chi connectivity index (χ0n) is 14.8. The Morgan fingerprint density at radius 3 is 2.59 bits per heavy atom. The van der Waals surface area contributed by atoms with Gasteiger partial charge in [-0.2, -0.15) is 0 Å². The average Bonchev–Trinajstić information content (AvgIpc) is 3.17. The Balaban J connectivity index is 1.90. The maximum atomic E-state index is 12.0. The number of carboxylic acid groups (broad SMARTS) is 1. The second-order valence-corrected chi connectivity index (χ2v) is 7.54. The van der Waals surface area contributed by atoms with E-state index in [1.165, 1.54) is 7.11 Å². The number of hydrogen-bond donors (Lipinski definition) is 2. The van der Waals surface area contributed by atoms with E-state index >= 15 is 0 Å². The lowest BCUT2D eigenvalue weighted by Crippen LogP contribution is -2.39. The van der Waals surface area contributed by atoms with Gasteiger partial charge in [0.2, 0.25) is 0 Å². The Hall–Kier alpha value is -2.74. The largest absolute Gasteiger partial charge is 0.496 e. The Kier molecular flexibility index (Phi) is 6.02. The molecule has 0 unspecified atom stereocenters. The van der Waals surface area contributed by atoms with Crippen LogP contribution in [-0.4, -0.2) is 33.6 Å². The lowest BCUT2D eigenvalue weighted by molar-refractivity contribution is -0.140. The molecule has 0 saturated carbocycles. The molecule has 2 aromatic carbocycles. The number of aliphatic carboxylic acids is 1. The summed E-state index contributed by atoms with van der Waals surface area (Å²) in [7, 11) is 1.52. The van der Waals surface area contributed by atoms with Gasteiger partial charge in [-0.25, -0.2) is 4.79 Å². The number of amides is 1. The van der Waals surface area contributed by atoms with Crippen LogP contribution in [-0.2, 0) is 9.59 Å². The molecule has 0 bridgehead atoms. The third-order valence-corrected chi connectivity index (χ3v) is 4.90. The molecule has 1 heterocycles. The maximum Gasteiger partial charge on any atom is 0.350 e. The van der Waals surface area contributed by atoms with Crippen molar-refractivity contribution in [2.24, 2.45) is 0 Å². The molecule has 7 nitrogen and oxygen atoms in total. The lowest BCUT2D eigenvalue weighted by Gasteiger charge is -2.14. The molecule has 0 radical (unpaired) electrons. The number of ether oxygens (including phenoxy) is 1. The molecule has 150 valence electrons. The standard InChI is InChI=1S/C19H13Cl3N2O5/c1-28-14-7-3-6-12(20)16(14)13-9-15(29-24-13)10-4-2-5-11(8-10)23-17(25)19(21,22)18(26)27/h2-9H,1H3,(H,23,25)(H,26,27). The highest BCUT2D eigenvalue weighted by Crippen LogP contribution is 2.37. The van der Waals surface area contributed by atoms with Gasteiger partial charge < -0.3 is 19.7 Å². The summed E-state index contributed by atoms with van der Waals surface area (Å²) in [6.07, 6.45) is 0. The molecule has 0 fully saturated rings. The first-order valence-electron chi connectivity index (χ1n) is 8.06. The maximum absolute atomic E-state index is 12.0. The number of halogens is 3. The summed E-state index contributed by atoms with van der Waals surface area (Å²) in [5.41, 5.74) is 1.88. The van der Waals surface area contributed by atoms with Crippen LogP contribution in [0.25, 0.3) is 22.6 Å². The number of hydrogen-bond acceptors (Lipinski definition) is 5. The molecule has 3 aromatic rings. The zero-order chi connectivity index (χ0) is 21.2. The molecular weight excluding hydrogens is 443 g/mol. The number of aromatic nitrogens is 1. The van der Waals surface area contributed by atoms with Crippen LogP contribution in [0.1, 0.15) is 0 Å². The summed E-state index contributed by atoms with van der Waals surface area (Å²) in [6.45, 7) is 0. The van der Waals surface area contributed by atoms with Crippen molar-refractivity contribution in [3.63, 3.8) is 0 Å². The lowest BCUT2D eigenvalue weighted by atomic mass is 10.1. The number of nitrogens with one attached hydrogen (secondary N) is 1. The molecular formula is C19H13Cl3N2O5. The van der Waals surface area contributed by atoms with E-state index in [1.54, 1.807) is 48.5 Å². The minimum atomic E-state index is -2.62. The Morgan fingerprint density at radius 1 is 1.17 bits per heavy atom. The van der Waals surface area contributed by atoms with Crippen LogP contribution in [0.3, 0.4) is 0 Å². The van der Waals surface area contributed by atoms with Crippen LogP contribution in [0, 0.1) is 0 Å². The van der Waals surface area contributed by atoms with Crippen LogP contribution >= 0.6 is 34.8 Å². The van der Waals surface area contributed by atoms with Gasteiger partial charge in [-0.1, -0.05) is 58.2 Å². The summed E-state index contributed by atoms with van der Waals surface area (Å²) >= 11 is 17.4. The quantitative estimate of drug-likeness (QED) is 0.406. The van der Waals surface area contributed by atoms with E-state index in [0.717, 1.165) is 0 Å². The van der Waals surface area contributed by atoms with Crippen molar-refractivity contribution < 1.29 is 24.0 Å². The summed E-state index contributed by atoms with van der Waals surface area (Å²) in [6, 6.07) is 13.3. The van der Waals surface area contributed by atoms with Crippen LogP contribution in [0.4, 0.5) is 5.69 Å². The smallest absolute Gasteiger partial charge is 0.350 e. The summed E-state index contributed by atoms with van der Waals surface area (Å²) in [4.78, 5) is 23.0. The summed E-state index contributed by atoms with van der Waals surface area (Å²) < 4.78 is 8.11. The number of methoxy groups -OCH3 is 1. The molecule has 0 saturated heterocycles. The number of carboxylic acids is 1. The summed E-state index contributed by atoms with van der Waals surface area (Å²) in [5, 5.41) is 15.8. The van der Waals surface area contributed by atoms with E-state index in [9.17, 15) is 9.59 Å². The van der Waals surface area contributed by atoms with Crippen molar-refractivity contribution in [3.8, 4) is 28.3 Å². The van der Waals surface area contributed by atoms with E-state index in [2.05, 4.69) is 10.5 Å². The number of nitrogens with zero attached hydrogens (tertiary/aromatic N) is 1. The van der Waals surface area contributed by atoms with Crippen LogP contribution in [0.5, 0.6) is 5.75 Å². The number of anilines is 1. The number of carbonyl (C=O) groups excluding carboxylic acids is 1. The van der Waals surface area contributed by atoms with Crippen molar-refractivity contribution in [2.75, 3.05) is 12.4 Å². The second-order valence-electron chi connectivity index (χ2n) is 5.81. The molecule has 0 spiro atoms. The zero-order valence-corrected chi connectivity index (χ0v) is 17.0. The van der Waals surface area contributed by atoms with Crippen LogP contribution in [0.15, 0.2) is 53.1 Å². The third-order valence-electron chi connectivity index (χ3n) is 3.92. The monoisotopic (exact) mass is 454 g/mol. The Labute approximate surface area is 180 Å². The average molecular weight is 456 g/mol. The highest BCUT2D eigenvalue weighted by Gasteiger charge is 2.42. The first kappa shape index (κ1) is 21.0. The highest BCUT2D eigenvalue weighted by molar-refractivity contribution is 6.67. The van der Waals surface area contributed by atoms with Gasteiger partial charge in [0.1, 0.15) is 11.4 Å². The van der Waals surface area contributed by atoms with Crippen LogP contribution in [0.2, 0.25) is 5.02 Å². The Morgan fingerprint density at radius 2 is 1.90 bits per heavy atom. The van der Waals surface area contributed by atoms with E-state index in [4.69, 9.17) is 49.2 Å². The van der Waals surface area contributed by atoms with Gasteiger partial charge in [-0.3, -0.25) is 4.79 Å². The van der Waals surface area contributed by atoms with Gasteiger partial charge in [0.05, 0.1) is 17.7 Å². The third kappa shape index (κ3) is 4.32. The fraction of sp³-hybridized carbons (Fsp3) is 0.105. The molecule has 1 aromatic heterocycles. The fourth-order valence-corrected chi connectivity index (χ4v) is 2.87. The minimum absolute atomic E-state index is 0.271. The van der Waals surface area contributed by atoms with Crippen LogP contribution < -0.4 is 10.1 Å². The van der Waals surface area contributed by atoms with Crippen molar-refractivity contribution in [1.29, 1.82) is 0 Å². The molecule has 0 aliphatic heterocycles. The Bertz CT molecular complexity index is 1080. The van der Waals surface area contributed by atoms with Crippen molar-refractivity contribution >= 4 is 52.4 Å². The SMILES string of the molecule is COc1cccc(Cl)c1-c1cc(-c2cccc(NC(=O)C(Cl)(Cl)C(=O)O)c2)on1. The van der Waals surface area contributed by atoms with Crippen molar-refractivity contribution in [2.45, 2.75) is 4.33 Å². The fourth-order valence-electron chi connectivity index (χ4n) is 2.51. The van der Waals surface area contributed by atoms with Gasteiger partial charge in [0.15, 0.2) is 5.76 Å². The van der Waals surface area contributed by atoms with Gasteiger partial charge in [-0.15, -0.1) is 0 Å². The minimum Gasteiger partial charge on any atom is -0.496 e.